The van der Waals surface area contributed by atoms with Crippen molar-refractivity contribution in [1.29, 1.82) is 0 Å². The topological polar surface area (TPSA) is 52.5 Å². The van der Waals surface area contributed by atoms with E-state index in [0.29, 0.717) is 11.6 Å². The minimum absolute atomic E-state index is 0. The maximum Gasteiger partial charge on any atom is 0.257 e. The number of hydrogen-bond donors (Lipinski definition) is 1. The van der Waals surface area contributed by atoms with Crippen molar-refractivity contribution >= 4 is 23.6 Å². The molecule has 5 heteroatoms. The van der Waals surface area contributed by atoms with Crippen molar-refractivity contribution < 1.29 is 4.74 Å². The number of pyridine rings is 1. The Bertz CT molecular complexity index is 413. The van der Waals surface area contributed by atoms with Gasteiger partial charge >= 0.3 is 0 Å². The van der Waals surface area contributed by atoms with Gasteiger partial charge in [0.15, 0.2) is 0 Å². The normalized spacial score (nSPS) is 9.62. The van der Waals surface area contributed by atoms with E-state index in [9.17, 15) is 0 Å². The molecule has 0 saturated carbocycles. The van der Waals surface area contributed by atoms with Gasteiger partial charge < -0.3 is 10.5 Å². The smallest absolute Gasteiger partial charge is 0.257 e. The highest BCUT2D eigenvalue weighted by molar-refractivity contribution is 5.85. The monoisotopic (exact) mass is 199 g/mol. The molecule has 0 aliphatic heterocycles. The molecule has 0 amide bonds. The van der Waals surface area contributed by atoms with Gasteiger partial charge in [0.25, 0.3) is 5.88 Å². The van der Waals surface area contributed by atoms with Gasteiger partial charge in [0, 0.05) is 6.20 Å². The molecule has 0 fully saturated rings. The van der Waals surface area contributed by atoms with E-state index in [1.807, 2.05) is 24.4 Å². The summed E-state index contributed by atoms with van der Waals surface area (Å²) in [5.41, 5.74) is 7.19. The third-order valence-electron chi connectivity index (χ3n) is 1.74. The average Bonchev–Trinajstić information content (AvgIpc) is 2.44. The molecule has 0 aromatic carbocycles. The average molecular weight is 200 g/mol. The Morgan fingerprint density at radius 2 is 2.23 bits per heavy atom. The number of nitrogens with two attached hydrogens (primary N) is 1. The second-order valence-electron chi connectivity index (χ2n) is 2.45. The number of methoxy groups -OCH3 is 1. The van der Waals surface area contributed by atoms with Gasteiger partial charge in [-0.3, -0.25) is 0 Å². The van der Waals surface area contributed by atoms with Gasteiger partial charge in [0.2, 0.25) is 0 Å². The van der Waals surface area contributed by atoms with Crippen molar-refractivity contribution in [2.24, 2.45) is 0 Å². The number of ether oxygens (including phenoxy) is 1. The fraction of sp³-hybridized carbons (Fsp3) is 0.125. The number of hydrogen-bond acceptors (Lipinski definition) is 3. The van der Waals surface area contributed by atoms with Crippen molar-refractivity contribution in [1.82, 2.24) is 9.61 Å². The summed E-state index contributed by atoms with van der Waals surface area (Å²) in [6.45, 7) is 0. The Morgan fingerprint density at radius 1 is 1.46 bits per heavy atom. The Labute approximate surface area is 81.7 Å². The van der Waals surface area contributed by atoms with Crippen LogP contribution in [-0.4, -0.2) is 16.7 Å². The first-order valence-corrected chi connectivity index (χ1v) is 3.60. The molecule has 0 aliphatic rings. The van der Waals surface area contributed by atoms with Crippen LogP contribution in [0.4, 0.5) is 5.69 Å². The largest absolute Gasteiger partial charge is 0.478 e. The summed E-state index contributed by atoms with van der Waals surface area (Å²) in [6.07, 6.45) is 1.83. The van der Waals surface area contributed by atoms with E-state index in [1.54, 1.807) is 11.6 Å². The van der Waals surface area contributed by atoms with Crippen LogP contribution in [0.25, 0.3) is 5.52 Å². The molecule has 0 atom stereocenters. The molecule has 2 N–H and O–H groups in total. The number of nitrogens with zero attached hydrogens (tertiary/aromatic N) is 2. The highest BCUT2D eigenvalue weighted by Crippen LogP contribution is 2.23. The van der Waals surface area contributed by atoms with E-state index in [2.05, 4.69) is 5.10 Å². The van der Waals surface area contributed by atoms with Crippen molar-refractivity contribution in [2.75, 3.05) is 12.8 Å². The fourth-order valence-corrected chi connectivity index (χ4v) is 1.15. The molecule has 0 saturated heterocycles. The van der Waals surface area contributed by atoms with Crippen molar-refractivity contribution in [3.8, 4) is 5.88 Å². The summed E-state index contributed by atoms with van der Waals surface area (Å²) in [5.74, 6) is 0.473. The third kappa shape index (κ3) is 1.40. The van der Waals surface area contributed by atoms with Crippen molar-refractivity contribution in [2.45, 2.75) is 0 Å². The maximum absolute atomic E-state index is 5.74. The first kappa shape index (κ1) is 9.67. The highest BCUT2D eigenvalue weighted by Gasteiger charge is 2.07. The number of rotatable bonds is 1. The molecule has 0 aliphatic carbocycles. The number of aromatic nitrogens is 2. The van der Waals surface area contributed by atoms with Crippen LogP contribution in [0.1, 0.15) is 0 Å². The molecule has 2 aromatic rings. The lowest BCUT2D eigenvalue weighted by Crippen LogP contribution is -1.88. The second-order valence-corrected chi connectivity index (χ2v) is 2.45. The first-order chi connectivity index (χ1) is 5.83. The maximum atomic E-state index is 5.74. The van der Waals surface area contributed by atoms with Gasteiger partial charge in [-0.15, -0.1) is 17.5 Å². The molecule has 4 nitrogen and oxygen atoms in total. The number of halogens is 1. The molecule has 0 spiro atoms. The molecule has 0 bridgehead atoms. The molecule has 2 aromatic heterocycles. The highest BCUT2D eigenvalue weighted by atomic mass is 35.5. The van der Waals surface area contributed by atoms with E-state index in [4.69, 9.17) is 10.5 Å². The van der Waals surface area contributed by atoms with Crippen LogP contribution in [0.2, 0.25) is 0 Å². The van der Waals surface area contributed by atoms with Crippen LogP contribution in [0, 0.1) is 0 Å². The van der Waals surface area contributed by atoms with Gasteiger partial charge in [-0.2, -0.15) is 0 Å². The number of fused-ring (bicyclic) bond motifs is 1. The van der Waals surface area contributed by atoms with E-state index in [1.165, 1.54) is 0 Å². The van der Waals surface area contributed by atoms with Crippen molar-refractivity contribution in [3.05, 3.63) is 24.4 Å². The number of anilines is 1. The molecule has 2 rings (SSSR count). The second kappa shape index (κ2) is 3.53. The molecular weight excluding hydrogens is 190 g/mol. The first-order valence-electron chi connectivity index (χ1n) is 3.60. The minimum atomic E-state index is 0. The van der Waals surface area contributed by atoms with Crippen LogP contribution in [0.5, 0.6) is 5.88 Å². The van der Waals surface area contributed by atoms with Crippen molar-refractivity contribution in [3.63, 3.8) is 0 Å². The molecule has 0 radical (unpaired) electrons. The SMILES string of the molecule is COc1nn2ccccc2c1N.Cl. The number of nitrogen functional groups attached to an aromatic ring is 1. The molecule has 2 heterocycles. The van der Waals surface area contributed by atoms with Crippen LogP contribution >= 0.6 is 12.4 Å². The predicted octanol–water partition coefficient (Wildman–Crippen LogP) is 1.35. The Morgan fingerprint density at radius 3 is 2.85 bits per heavy atom. The van der Waals surface area contributed by atoms with E-state index in [0.717, 1.165) is 5.52 Å². The lowest BCUT2D eigenvalue weighted by molar-refractivity contribution is 0.397. The van der Waals surface area contributed by atoms with Gasteiger partial charge in [0.1, 0.15) is 5.69 Å². The molecular formula is C8H10ClN3O. The van der Waals surface area contributed by atoms with Crippen LogP contribution in [0.15, 0.2) is 24.4 Å². The quantitative estimate of drug-likeness (QED) is 0.754. The van der Waals surface area contributed by atoms with Crippen LogP contribution < -0.4 is 10.5 Å². The summed E-state index contributed by atoms with van der Waals surface area (Å²) in [4.78, 5) is 0. The van der Waals surface area contributed by atoms with Gasteiger partial charge in [-0.05, 0) is 12.1 Å². The van der Waals surface area contributed by atoms with Crippen LogP contribution in [0.3, 0.4) is 0 Å². The summed E-state index contributed by atoms with van der Waals surface area (Å²) in [6, 6.07) is 5.69. The standard InChI is InChI=1S/C8H9N3O.ClH/c1-12-8-7(9)6-4-2-3-5-11(6)10-8;/h2-5H,9H2,1H3;1H. The Balaban J connectivity index is 0.000000845. The summed E-state index contributed by atoms with van der Waals surface area (Å²) in [5, 5.41) is 4.10. The van der Waals surface area contributed by atoms with Gasteiger partial charge in [0.05, 0.1) is 12.6 Å². The zero-order valence-corrected chi connectivity index (χ0v) is 7.91. The Kier molecular flexibility index (Phi) is 2.63. The molecule has 0 unspecified atom stereocenters. The minimum Gasteiger partial charge on any atom is -0.478 e. The predicted molar refractivity (Wildman–Crippen MR) is 53.4 cm³/mol. The lowest BCUT2D eigenvalue weighted by atomic mass is 10.4. The summed E-state index contributed by atoms with van der Waals surface area (Å²) in [7, 11) is 1.55. The van der Waals surface area contributed by atoms with E-state index < -0.39 is 0 Å². The zero-order valence-electron chi connectivity index (χ0n) is 7.10. The van der Waals surface area contributed by atoms with E-state index >= 15 is 0 Å². The van der Waals surface area contributed by atoms with Gasteiger partial charge in [-0.25, -0.2) is 4.52 Å². The van der Waals surface area contributed by atoms with E-state index in [-0.39, 0.29) is 12.4 Å². The zero-order chi connectivity index (χ0) is 8.55. The third-order valence-corrected chi connectivity index (χ3v) is 1.74. The summed E-state index contributed by atoms with van der Waals surface area (Å²) < 4.78 is 6.66. The van der Waals surface area contributed by atoms with Crippen LogP contribution in [-0.2, 0) is 0 Å². The Hall–Kier alpha value is -1.42. The van der Waals surface area contributed by atoms with Gasteiger partial charge in [-0.1, -0.05) is 6.07 Å². The molecule has 13 heavy (non-hydrogen) atoms. The fourth-order valence-electron chi connectivity index (χ4n) is 1.15. The summed E-state index contributed by atoms with van der Waals surface area (Å²) >= 11 is 0. The molecule has 70 valence electrons. The lowest BCUT2D eigenvalue weighted by Gasteiger charge is -1.91.